The van der Waals surface area contributed by atoms with Gasteiger partial charge in [0.2, 0.25) is 5.88 Å². The molecule has 0 aliphatic carbocycles. The fourth-order valence-corrected chi connectivity index (χ4v) is 1.48. The summed E-state index contributed by atoms with van der Waals surface area (Å²) >= 11 is 5.90. The van der Waals surface area contributed by atoms with Crippen LogP contribution in [0.3, 0.4) is 0 Å². The molecule has 0 spiro atoms. The van der Waals surface area contributed by atoms with Crippen LogP contribution in [0.25, 0.3) is 0 Å². The van der Waals surface area contributed by atoms with Crippen LogP contribution in [0.4, 0.5) is 0 Å². The Hall–Kier alpha value is -0.910. The van der Waals surface area contributed by atoms with Gasteiger partial charge in [0.1, 0.15) is 17.9 Å². The van der Waals surface area contributed by atoms with Crippen LogP contribution in [0.15, 0.2) is 6.07 Å². The van der Waals surface area contributed by atoms with Gasteiger partial charge in [-0.05, 0) is 20.8 Å². The molecule has 0 bridgehead atoms. The van der Waals surface area contributed by atoms with Gasteiger partial charge in [0.15, 0.2) is 5.82 Å². The number of nitrogens with zero attached hydrogens (tertiary/aromatic N) is 2. The van der Waals surface area contributed by atoms with E-state index >= 15 is 0 Å². The lowest BCUT2D eigenvalue weighted by Crippen LogP contribution is -2.20. The zero-order valence-electron chi connectivity index (χ0n) is 11.0. The summed E-state index contributed by atoms with van der Waals surface area (Å²) in [5, 5.41) is 0.346. The molecule has 1 heterocycles. The quantitative estimate of drug-likeness (QED) is 0.682. The molecule has 102 valence electrons. The van der Waals surface area contributed by atoms with Crippen LogP contribution in [0, 0.1) is 0 Å². The molecule has 6 heteroatoms. The average molecular weight is 275 g/mol. The fraction of sp³-hybridized carbons (Fsp3) is 0.667. The molecule has 1 aromatic heterocycles. The van der Waals surface area contributed by atoms with Gasteiger partial charge in [0, 0.05) is 19.3 Å². The van der Waals surface area contributed by atoms with Crippen molar-refractivity contribution in [3.63, 3.8) is 0 Å². The van der Waals surface area contributed by atoms with E-state index in [9.17, 15) is 0 Å². The van der Waals surface area contributed by atoms with Gasteiger partial charge in [-0.1, -0.05) is 11.6 Å². The molecule has 0 saturated heterocycles. The molecule has 1 atom stereocenters. The largest absolute Gasteiger partial charge is 0.472 e. The molecule has 5 nitrogen and oxygen atoms in total. The number of ether oxygens (including phenoxy) is 3. The van der Waals surface area contributed by atoms with Crippen molar-refractivity contribution in [1.29, 1.82) is 0 Å². The van der Waals surface area contributed by atoms with Gasteiger partial charge in [-0.3, -0.25) is 0 Å². The highest BCUT2D eigenvalue weighted by molar-refractivity contribution is 6.29. The molecule has 18 heavy (non-hydrogen) atoms. The Morgan fingerprint density at radius 2 is 1.94 bits per heavy atom. The molecule has 0 amide bonds. The molecule has 1 aromatic rings. The lowest BCUT2D eigenvalue weighted by molar-refractivity contribution is 0.0625. The summed E-state index contributed by atoms with van der Waals surface area (Å²) in [5.74, 6) is 0.958. The van der Waals surface area contributed by atoms with E-state index in [1.165, 1.54) is 0 Å². The van der Waals surface area contributed by atoms with Crippen LogP contribution in [0.2, 0.25) is 5.15 Å². The lowest BCUT2D eigenvalue weighted by Gasteiger charge is -2.14. The number of halogens is 1. The maximum atomic E-state index is 5.90. The number of hydrogen-bond donors (Lipinski definition) is 0. The van der Waals surface area contributed by atoms with Crippen LogP contribution < -0.4 is 4.74 Å². The van der Waals surface area contributed by atoms with Crippen molar-refractivity contribution in [3.05, 3.63) is 17.0 Å². The SMILES string of the molecule is CCOCc1nc(Cl)cc(OC(C)COCC)n1. The van der Waals surface area contributed by atoms with Gasteiger partial charge in [-0.2, -0.15) is 4.98 Å². The van der Waals surface area contributed by atoms with Crippen molar-refractivity contribution in [1.82, 2.24) is 9.97 Å². The van der Waals surface area contributed by atoms with Gasteiger partial charge in [0.25, 0.3) is 0 Å². The van der Waals surface area contributed by atoms with E-state index in [4.69, 9.17) is 25.8 Å². The third-order valence-corrected chi connectivity index (χ3v) is 2.23. The number of hydrogen-bond acceptors (Lipinski definition) is 5. The van der Waals surface area contributed by atoms with Crippen LogP contribution in [-0.4, -0.2) is 35.9 Å². The molecular weight excluding hydrogens is 256 g/mol. The highest BCUT2D eigenvalue weighted by Gasteiger charge is 2.08. The molecule has 0 aliphatic rings. The first-order chi connectivity index (χ1) is 8.65. The number of rotatable bonds is 8. The van der Waals surface area contributed by atoms with Crippen molar-refractivity contribution in [3.8, 4) is 5.88 Å². The van der Waals surface area contributed by atoms with Crippen molar-refractivity contribution in [2.45, 2.75) is 33.5 Å². The topological polar surface area (TPSA) is 53.5 Å². The predicted octanol–water partition coefficient (Wildman–Crippen LogP) is 2.47. The minimum Gasteiger partial charge on any atom is -0.472 e. The Kier molecular flexibility index (Phi) is 6.93. The molecule has 0 aromatic carbocycles. The number of aromatic nitrogens is 2. The Morgan fingerprint density at radius 3 is 2.61 bits per heavy atom. The Morgan fingerprint density at radius 1 is 1.22 bits per heavy atom. The Bertz CT molecular complexity index is 363. The second-order valence-electron chi connectivity index (χ2n) is 3.67. The van der Waals surface area contributed by atoms with Crippen LogP contribution in [0.1, 0.15) is 26.6 Å². The van der Waals surface area contributed by atoms with Crippen LogP contribution in [-0.2, 0) is 16.1 Å². The smallest absolute Gasteiger partial charge is 0.218 e. The summed E-state index contributed by atoms with van der Waals surface area (Å²) in [7, 11) is 0. The van der Waals surface area contributed by atoms with Gasteiger partial charge in [-0.25, -0.2) is 4.98 Å². The molecule has 0 saturated carbocycles. The molecule has 1 rings (SSSR count). The maximum Gasteiger partial charge on any atom is 0.218 e. The molecule has 0 aliphatic heterocycles. The third-order valence-electron chi connectivity index (χ3n) is 2.03. The van der Waals surface area contributed by atoms with Gasteiger partial charge in [0.05, 0.1) is 6.61 Å². The highest BCUT2D eigenvalue weighted by atomic mass is 35.5. The Labute approximate surface area is 112 Å². The van der Waals surface area contributed by atoms with E-state index in [2.05, 4.69) is 9.97 Å². The third kappa shape index (κ3) is 5.62. The standard InChI is InChI=1S/C12H19ClN2O3/c1-4-16-7-9(3)18-12-6-10(13)14-11(15-12)8-17-5-2/h6,9H,4-5,7-8H2,1-3H3. The van der Waals surface area contributed by atoms with E-state index in [0.717, 1.165) is 0 Å². The highest BCUT2D eigenvalue weighted by Crippen LogP contribution is 2.15. The molecule has 0 fully saturated rings. The van der Waals surface area contributed by atoms with Crippen LogP contribution in [0.5, 0.6) is 5.88 Å². The summed E-state index contributed by atoms with van der Waals surface area (Å²) in [4.78, 5) is 8.28. The molecule has 1 unspecified atom stereocenters. The Balaban J connectivity index is 2.61. The minimum absolute atomic E-state index is 0.0872. The molecular formula is C12H19ClN2O3. The monoisotopic (exact) mass is 274 g/mol. The summed E-state index contributed by atoms with van der Waals surface area (Å²) in [6, 6.07) is 1.58. The van der Waals surface area contributed by atoms with Gasteiger partial charge in [-0.15, -0.1) is 0 Å². The second-order valence-corrected chi connectivity index (χ2v) is 4.06. The van der Waals surface area contributed by atoms with Gasteiger partial charge >= 0.3 is 0 Å². The van der Waals surface area contributed by atoms with Crippen LogP contribution >= 0.6 is 11.6 Å². The van der Waals surface area contributed by atoms with E-state index in [0.29, 0.717) is 43.3 Å². The fourth-order valence-electron chi connectivity index (χ4n) is 1.28. The normalized spacial score (nSPS) is 12.4. The summed E-state index contributed by atoms with van der Waals surface area (Å²) in [6.07, 6.45) is -0.0872. The first kappa shape index (κ1) is 15.1. The van der Waals surface area contributed by atoms with Crippen molar-refractivity contribution < 1.29 is 14.2 Å². The van der Waals surface area contributed by atoms with E-state index in [1.54, 1.807) is 6.07 Å². The predicted molar refractivity (Wildman–Crippen MR) is 69.0 cm³/mol. The van der Waals surface area contributed by atoms with E-state index < -0.39 is 0 Å². The summed E-state index contributed by atoms with van der Waals surface area (Å²) < 4.78 is 16.1. The van der Waals surface area contributed by atoms with E-state index in [-0.39, 0.29) is 6.10 Å². The summed E-state index contributed by atoms with van der Waals surface area (Å²) in [5.41, 5.74) is 0. The lowest BCUT2D eigenvalue weighted by atomic mass is 10.4. The van der Waals surface area contributed by atoms with Crippen molar-refractivity contribution in [2.75, 3.05) is 19.8 Å². The zero-order chi connectivity index (χ0) is 13.4. The first-order valence-corrected chi connectivity index (χ1v) is 6.39. The molecule has 0 radical (unpaired) electrons. The second kappa shape index (κ2) is 8.24. The van der Waals surface area contributed by atoms with Crippen molar-refractivity contribution >= 4 is 11.6 Å². The zero-order valence-corrected chi connectivity index (χ0v) is 11.7. The van der Waals surface area contributed by atoms with Crippen molar-refractivity contribution in [2.24, 2.45) is 0 Å². The average Bonchev–Trinajstić information content (AvgIpc) is 2.33. The minimum atomic E-state index is -0.0872. The molecule has 0 N–H and O–H groups in total. The maximum absolute atomic E-state index is 5.90. The van der Waals surface area contributed by atoms with Gasteiger partial charge < -0.3 is 14.2 Å². The first-order valence-electron chi connectivity index (χ1n) is 6.01. The summed E-state index contributed by atoms with van der Waals surface area (Å²) in [6.45, 7) is 7.86. The van der Waals surface area contributed by atoms with E-state index in [1.807, 2.05) is 20.8 Å².